The molecule has 1 amide bonds. The van der Waals surface area contributed by atoms with Gasteiger partial charge in [0.1, 0.15) is 5.54 Å². The molecule has 1 aliphatic heterocycles. The van der Waals surface area contributed by atoms with E-state index in [0.717, 1.165) is 6.42 Å². The summed E-state index contributed by atoms with van der Waals surface area (Å²) >= 11 is 1.34. The summed E-state index contributed by atoms with van der Waals surface area (Å²) in [6, 6.07) is 0. The van der Waals surface area contributed by atoms with Crippen molar-refractivity contribution in [1.29, 1.82) is 0 Å². The molecule has 6 nitrogen and oxygen atoms in total. The van der Waals surface area contributed by atoms with Gasteiger partial charge in [-0.25, -0.2) is 4.98 Å². The summed E-state index contributed by atoms with van der Waals surface area (Å²) in [4.78, 5) is 29.1. The van der Waals surface area contributed by atoms with Crippen LogP contribution in [0.25, 0.3) is 0 Å². The van der Waals surface area contributed by atoms with Crippen LogP contribution in [0.3, 0.4) is 0 Å². The lowest BCUT2D eigenvalue weighted by atomic mass is 9.93. The maximum absolute atomic E-state index is 11.9. The second-order valence-electron chi connectivity index (χ2n) is 4.60. The number of aliphatic carboxylic acids is 1. The number of hydrogen-bond acceptors (Lipinski definition) is 5. The lowest BCUT2D eigenvalue weighted by Crippen LogP contribution is -2.52. The fourth-order valence-electron chi connectivity index (χ4n) is 2.58. The number of nitrogens with zero attached hydrogens (tertiary/aromatic N) is 2. The Labute approximate surface area is 115 Å². The van der Waals surface area contributed by atoms with E-state index in [1.807, 2.05) is 6.92 Å². The number of carboxylic acids is 1. The summed E-state index contributed by atoms with van der Waals surface area (Å²) in [6.45, 7) is 2.59. The number of carboxylic acid groups (broad SMARTS) is 1. The molecule has 0 aliphatic carbocycles. The average molecular weight is 283 g/mol. The van der Waals surface area contributed by atoms with E-state index in [2.05, 4.69) is 10.3 Å². The van der Waals surface area contributed by atoms with Crippen LogP contribution in [0.1, 0.15) is 26.2 Å². The zero-order chi connectivity index (χ0) is 13.9. The summed E-state index contributed by atoms with van der Waals surface area (Å²) in [6.07, 6.45) is 3.53. The Balaban J connectivity index is 2.01. The van der Waals surface area contributed by atoms with Crippen molar-refractivity contribution in [3.63, 3.8) is 0 Å². The Bertz CT molecular complexity index is 463. The smallest absolute Gasteiger partial charge is 0.324 e. The zero-order valence-corrected chi connectivity index (χ0v) is 11.6. The number of carbonyl (C=O) groups is 2. The van der Waals surface area contributed by atoms with Crippen LogP contribution >= 0.6 is 11.3 Å². The van der Waals surface area contributed by atoms with Crippen LogP contribution in [0.4, 0.5) is 5.13 Å². The molecule has 1 aliphatic rings. The van der Waals surface area contributed by atoms with Gasteiger partial charge in [0.15, 0.2) is 5.13 Å². The molecule has 2 N–H and O–H groups in total. The highest BCUT2D eigenvalue weighted by atomic mass is 32.1. The molecule has 7 heteroatoms. The van der Waals surface area contributed by atoms with Crippen molar-refractivity contribution >= 4 is 28.3 Å². The molecule has 2 heterocycles. The molecular weight excluding hydrogens is 266 g/mol. The highest BCUT2D eigenvalue weighted by Crippen LogP contribution is 2.32. The van der Waals surface area contributed by atoms with Crippen molar-refractivity contribution in [2.45, 2.75) is 31.7 Å². The van der Waals surface area contributed by atoms with Crippen molar-refractivity contribution in [2.24, 2.45) is 0 Å². The number of likely N-dealkylation sites (tertiary alicyclic amines) is 1. The van der Waals surface area contributed by atoms with Gasteiger partial charge in [0.05, 0.1) is 6.54 Å². The van der Waals surface area contributed by atoms with E-state index in [1.54, 1.807) is 16.5 Å². The van der Waals surface area contributed by atoms with E-state index in [1.165, 1.54) is 11.3 Å². The minimum Gasteiger partial charge on any atom is -0.480 e. The lowest BCUT2D eigenvalue weighted by molar-refractivity contribution is -0.150. The third-order valence-corrected chi connectivity index (χ3v) is 4.31. The van der Waals surface area contributed by atoms with Crippen molar-refractivity contribution in [2.75, 3.05) is 18.4 Å². The van der Waals surface area contributed by atoms with Gasteiger partial charge in [0.2, 0.25) is 5.91 Å². The fourth-order valence-corrected chi connectivity index (χ4v) is 3.12. The number of rotatable bonds is 5. The van der Waals surface area contributed by atoms with Crippen molar-refractivity contribution in [3.8, 4) is 0 Å². The van der Waals surface area contributed by atoms with Crippen LogP contribution in [0.15, 0.2) is 11.6 Å². The van der Waals surface area contributed by atoms with E-state index in [0.29, 0.717) is 24.5 Å². The third kappa shape index (κ3) is 2.76. The molecule has 0 saturated carbocycles. The van der Waals surface area contributed by atoms with Gasteiger partial charge in [-0.15, -0.1) is 11.3 Å². The van der Waals surface area contributed by atoms with Gasteiger partial charge >= 0.3 is 5.97 Å². The second-order valence-corrected chi connectivity index (χ2v) is 5.50. The molecule has 1 atom stereocenters. The summed E-state index contributed by atoms with van der Waals surface area (Å²) in [5, 5.41) is 14.4. The highest BCUT2D eigenvalue weighted by molar-refractivity contribution is 7.13. The van der Waals surface area contributed by atoms with Crippen LogP contribution < -0.4 is 5.32 Å². The number of aromatic nitrogens is 1. The van der Waals surface area contributed by atoms with Crippen molar-refractivity contribution in [3.05, 3.63) is 11.6 Å². The highest BCUT2D eigenvalue weighted by Gasteiger charge is 2.46. The van der Waals surface area contributed by atoms with Crippen LogP contribution in [0, 0.1) is 0 Å². The quantitative estimate of drug-likeness (QED) is 0.853. The molecule has 1 aromatic rings. The Hall–Kier alpha value is -1.47. The maximum Gasteiger partial charge on any atom is 0.324 e. The van der Waals surface area contributed by atoms with Crippen LogP contribution in [0.5, 0.6) is 0 Å². The molecule has 1 unspecified atom stereocenters. The van der Waals surface area contributed by atoms with Gasteiger partial charge in [-0.05, 0) is 25.8 Å². The van der Waals surface area contributed by atoms with Crippen LogP contribution in [-0.2, 0) is 9.59 Å². The minimum absolute atomic E-state index is 0.0969. The number of carbonyl (C=O) groups excluding carboxylic acids is 1. The average Bonchev–Trinajstić information content (AvgIpc) is 2.98. The molecule has 1 fully saturated rings. The Morgan fingerprint density at radius 2 is 2.42 bits per heavy atom. The van der Waals surface area contributed by atoms with E-state index >= 15 is 0 Å². The molecule has 0 spiro atoms. The monoisotopic (exact) mass is 283 g/mol. The standard InChI is InChI=1S/C12H17N3O3S/c1-2-12(10(17)18)4-3-6-15(12)8-9(16)14-11-13-5-7-19-11/h5,7H,2-4,6,8H2,1H3,(H,17,18)(H,13,14,16). The Kier molecular flexibility index (Phi) is 4.16. The summed E-state index contributed by atoms with van der Waals surface area (Å²) in [5.74, 6) is -1.05. The molecule has 0 aromatic carbocycles. The number of thiazole rings is 1. The molecule has 1 saturated heterocycles. The number of anilines is 1. The predicted molar refractivity (Wildman–Crippen MR) is 72.2 cm³/mol. The van der Waals surface area contributed by atoms with Crippen LogP contribution in [0.2, 0.25) is 0 Å². The van der Waals surface area contributed by atoms with Gasteiger partial charge < -0.3 is 10.4 Å². The molecule has 1 aromatic heterocycles. The van der Waals surface area contributed by atoms with Crippen molar-refractivity contribution < 1.29 is 14.7 Å². The fraction of sp³-hybridized carbons (Fsp3) is 0.583. The summed E-state index contributed by atoms with van der Waals surface area (Å²) < 4.78 is 0. The van der Waals surface area contributed by atoms with E-state index in [-0.39, 0.29) is 12.5 Å². The zero-order valence-electron chi connectivity index (χ0n) is 10.8. The minimum atomic E-state index is -0.889. The Morgan fingerprint density at radius 1 is 1.63 bits per heavy atom. The lowest BCUT2D eigenvalue weighted by Gasteiger charge is -2.33. The SMILES string of the molecule is CCC1(C(=O)O)CCCN1CC(=O)Nc1nccs1. The molecule has 0 radical (unpaired) electrons. The first-order valence-electron chi connectivity index (χ1n) is 6.26. The number of nitrogens with one attached hydrogen (secondary N) is 1. The predicted octanol–water partition coefficient (Wildman–Crippen LogP) is 1.41. The molecule has 104 valence electrons. The topological polar surface area (TPSA) is 82.5 Å². The first-order chi connectivity index (χ1) is 9.08. The second kappa shape index (κ2) is 5.66. The van der Waals surface area contributed by atoms with E-state index in [4.69, 9.17) is 0 Å². The largest absolute Gasteiger partial charge is 0.480 e. The van der Waals surface area contributed by atoms with E-state index < -0.39 is 11.5 Å². The van der Waals surface area contributed by atoms with Gasteiger partial charge in [-0.3, -0.25) is 14.5 Å². The number of amides is 1. The van der Waals surface area contributed by atoms with Gasteiger partial charge in [0.25, 0.3) is 0 Å². The van der Waals surface area contributed by atoms with Crippen LogP contribution in [-0.4, -0.2) is 45.5 Å². The first kappa shape index (κ1) is 14.0. The Morgan fingerprint density at radius 3 is 3.00 bits per heavy atom. The third-order valence-electron chi connectivity index (χ3n) is 3.62. The van der Waals surface area contributed by atoms with Gasteiger partial charge in [0, 0.05) is 11.6 Å². The summed E-state index contributed by atoms with van der Waals surface area (Å²) in [5.41, 5.74) is -0.889. The molecule has 0 bridgehead atoms. The normalized spacial score (nSPS) is 23.4. The summed E-state index contributed by atoms with van der Waals surface area (Å²) in [7, 11) is 0. The number of hydrogen-bond donors (Lipinski definition) is 2. The van der Waals surface area contributed by atoms with Crippen molar-refractivity contribution in [1.82, 2.24) is 9.88 Å². The molecule has 19 heavy (non-hydrogen) atoms. The first-order valence-corrected chi connectivity index (χ1v) is 7.14. The molecule has 2 rings (SSSR count). The van der Waals surface area contributed by atoms with Gasteiger partial charge in [-0.1, -0.05) is 6.92 Å². The van der Waals surface area contributed by atoms with E-state index in [9.17, 15) is 14.7 Å². The van der Waals surface area contributed by atoms with Gasteiger partial charge in [-0.2, -0.15) is 0 Å². The molecular formula is C12H17N3O3S. The maximum atomic E-state index is 11.9.